The first kappa shape index (κ1) is 18.6. The Bertz CT molecular complexity index is 1080. The van der Waals surface area contributed by atoms with Gasteiger partial charge in [0.25, 0.3) is 0 Å². The molecule has 2 aliphatic rings. The highest BCUT2D eigenvalue weighted by atomic mass is 16.5. The molecule has 0 saturated carbocycles. The number of methoxy groups -OCH3 is 2. The van der Waals surface area contributed by atoms with Gasteiger partial charge in [0.05, 0.1) is 14.2 Å². The minimum absolute atomic E-state index is 0.160. The Balaban J connectivity index is 1.81. The second-order valence-electron chi connectivity index (χ2n) is 7.76. The van der Waals surface area contributed by atoms with Crippen molar-refractivity contribution in [2.75, 3.05) is 14.2 Å². The van der Waals surface area contributed by atoms with Crippen LogP contribution in [-0.4, -0.2) is 25.8 Å². The van der Waals surface area contributed by atoms with Crippen molar-refractivity contribution in [1.82, 2.24) is 0 Å². The zero-order valence-corrected chi connectivity index (χ0v) is 17.1. The topological polar surface area (TPSA) is 52.6 Å². The lowest BCUT2D eigenvalue weighted by Gasteiger charge is -2.20. The number of fused-ring (bicyclic) bond motifs is 2. The van der Waals surface area contributed by atoms with Gasteiger partial charge in [-0.15, -0.1) is 0 Å². The summed E-state index contributed by atoms with van der Waals surface area (Å²) in [6, 6.07) is 15.5. The summed E-state index contributed by atoms with van der Waals surface area (Å²) in [7, 11) is 3.27. The molecule has 0 spiro atoms. The van der Waals surface area contributed by atoms with Crippen molar-refractivity contribution in [1.29, 1.82) is 0 Å². The minimum atomic E-state index is 0.160. The first-order chi connectivity index (χ1) is 14.6. The average Bonchev–Trinajstić information content (AvgIpc) is 3.36. The number of hydrogen-bond donors (Lipinski definition) is 0. The maximum absolute atomic E-state index is 13.0. The van der Waals surface area contributed by atoms with Crippen LogP contribution in [0.15, 0.2) is 48.5 Å². The van der Waals surface area contributed by atoms with Crippen LogP contribution in [0, 0.1) is 0 Å². The van der Waals surface area contributed by atoms with Crippen LogP contribution in [0.5, 0.6) is 11.5 Å². The smallest absolute Gasteiger partial charge is 0.164 e. The summed E-state index contributed by atoms with van der Waals surface area (Å²) in [6.07, 6.45) is 2.30. The van der Waals surface area contributed by atoms with Crippen molar-refractivity contribution in [3.8, 4) is 33.8 Å². The second kappa shape index (κ2) is 7.13. The molecule has 0 radical (unpaired) electrons. The molecule has 0 unspecified atom stereocenters. The molecule has 2 aliphatic carbocycles. The summed E-state index contributed by atoms with van der Waals surface area (Å²) in [5.74, 6) is 1.86. The zero-order valence-electron chi connectivity index (χ0n) is 17.1. The summed E-state index contributed by atoms with van der Waals surface area (Å²) < 4.78 is 10.6. The molecule has 4 heteroatoms. The molecule has 0 atom stereocenters. The number of carbonyl (C=O) groups excluding carboxylic acids is 2. The highest BCUT2D eigenvalue weighted by Gasteiger charge is 2.36. The third kappa shape index (κ3) is 2.75. The van der Waals surface area contributed by atoms with E-state index in [9.17, 15) is 9.59 Å². The van der Waals surface area contributed by atoms with Crippen LogP contribution >= 0.6 is 0 Å². The number of carbonyl (C=O) groups is 2. The van der Waals surface area contributed by atoms with Gasteiger partial charge < -0.3 is 9.47 Å². The molecule has 3 aromatic carbocycles. The Morgan fingerprint density at radius 3 is 1.23 bits per heavy atom. The van der Waals surface area contributed by atoms with Crippen LogP contribution in [0.2, 0.25) is 0 Å². The summed E-state index contributed by atoms with van der Waals surface area (Å²) in [5.41, 5.74) is 7.40. The standard InChI is InChI=1S/C26H22O4/c1-29-17-7-3-15(4-8-17)23-19-11-13-22(28)26(19)24(20-12-14-21(27)25(20)23)16-5-9-18(30-2)10-6-16/h3-10H,11-14H2,1-2H3. The van der Waals surface area contributed by atoms with Gasteiger partial charge >= 0.3 is 0 Å². The minimum Gasteiger partial charge on any atom is -0.497 e. The Hall–Kier alpha value is -3.40. The maximum atomic E-state index is 13.0. The van der Waals surface area contributed by atoms with Gasteiger partial charge in [-0.1, -0.05) is 24.3 Å². The fourth-order valence-corrected chi connectivity index (χ4v) is 4.85. The Morgan fingerprint density at radius 2 is 0.900 bits per heavy atom. The number of ketones is 2. The van der Waals surface area contributed by atoms with Crippen molar-refractivity contribution < 1.29 is 19.1 Å². The number of Topliss-reactive ketones (excluding diaryl/α,β-unsaturated/α-hetero) is 2. The van der Waals surface area contributed by atoms with Crippen molar-refractivity contribution in [2.24, 2.45) is 0 Å². The second-order valence-corrected chi connectivity index (χ2v) is 7.76. The molecule has 30 heavy (non-hydrogen) atoms. The Kier molecular flexibility index (Phi) is 4.43. The molecule has 0 aliphatic heterocycles. The van der Waals surface area contributed by atoms with E-state index in [0.717, 1.165) is 56.0 Å². The lowest BCUT2D eigenvalue weighted by atomic mass is 9.83. The summed E-state index contributed by atoms with van der Waals surface area (Å²) >= 11 is 0. The lowest BCUT2D eigenvalue weighted by Crippen LogP contribution is -2.06. The molecule has 0 bridgehead atoms. The van der Waals surface area contributed by atoms with Crippen LogP contribution < -0.4 is 9.47 Å². The van der Waals surface area contributed by atoms with E-state index < -0.39 is 0 Å². The molecule has 0 aromatic heterocycles. The zero-order chi connectivity index (χ0) is 20.8. The molecule has 4 nitrogen and oxygen atoms in total. The number of hydrogen-bond acceptors (Lipinski definition) is 4. The first-order valence-corrected chi connectivity index (χ1v) is 10.2. The molecule has 5 rings (SSSR count). The highest BCUT2D eigenvalue weighted by molar-refractivity contribution is 6.16. The number of benzene rings is 3. The van der Waals surface area contributed by atoms with Gasteiger partial charge in [-0.05, 0) is 70.5 Å². The molecule has 0 N–H and O–H groups in total. The fourth-order valence-electron chi connectivity index (χ4n) is 4.85. The fraction of sp³-hybridized carbons (Fsp3) is 0.231. The monoisotopic (exact) mass is 398 g/mol. The molecular weight excluding hydrogens is 376 g/mol. The van der Waals surface area contributed by atoms with E-state index >= 15 is 0 Å². The first-order valence-electron chi connectivity index (χ1n) is 10.2. The summed E-state index contributed by atoms with van der Waals surface area (Å²) in [5, 5.41) is 0. The van der Waals surface area contributed by atoms with Crippen LogP contribution in [0.4, 0.5) is 0 Å². The van der Waals surface area contributed by atoms with E-state index in [1.54, 1.807) is 14.2 Å². The van der Waals surface area contributed by atoms with Crippen molar-refractivity contribution >= 4 is 11.6 Å². The molecule has 0 fully saturated rings. The van der Waals surface area contributed by atoms with Gasteiger partial charge in [0.2, 0.25) is 0 Å². The Labute approximate surface area is 175 Å². The lowest BCUT2D eigenvalue weighted by molar-refractivity contribution is 0.0986. The van der Waals surface area contributed by atoms with Crippen molar-refractivity contribution in [2.45, 2.75) is 25.7 Å². The van der Waals surface area contributed by atoms with E-state index in [1.807, 2.05) is 48.5 Å². The third-order valence-electron chi connectivity index (χ3n) is 6.23. The van der Waals surface area contributed by atoms with Crippen LogP contribution in [0.25, 0.3) is 22.3 Å². The van der Waals surface area contributed by atoms with Crippen LogP contribution in [-0.2, 0) is 12.8 Å². The third-order valence-corrected chi connectivity index (χ3v) is 6.23. The van der Waals surface area contributed by atoms with Crippen molar-refractivity contribution in [3.05, 3.63) is 70.8 Å². The normalized spacial score (nSPS) is 14.6. The van der Waals surface area contributed by atoms with E-state index in [-0.39, 0.29) is 11.6 Å². The molecule has 150 valence electrons. The average molecular weight is 398 g/mol. The van der Waals surface area contributed by atoms with Gasteiger partial charge in [0, 0.05) is 24.0 Å². The molecule has 0 heterocycles. The molecule has 3 aromatic rings. The maximum Gasteiger partial charge on any atom is 0.164 e. The number of rotatable bonds is 4. The van der Waals surface area contributed by atoms with Gasteiger partial charge in [0.1, 0.15) is 11.5 Å². The van der Waals surface area contributed by atoms with Gasteiger partial charge in [-0.2, -0.15) is 0 Å². The quantitative estimate of drug-likeness (QED) is 0.599. The van der Waals surface area contributed by atoms with E-state index in [1.165, 1.54) is 0 Å². The predicted octanol–water partition coefficient (Wildman–Crippen LogP) is 5.30. The highest BCUT2D eigenvalue weighted by Crippen LogP contribution is 2.47. The SMILES string of the molecule is COc1ccc(-c2c3c(c(-c4ccc(OC)cc4)c4c2C(=O)CC4)C(=O)CC3)cc1. The molecular formula is C26H22O4. The van der Waals surface area contributed by atoms with E-state index in [0.29, 0.717) is 25.7 Å². The summed E-state index contributed by atoms with van der Waals surface area (Å²) in [4.78, 5) is 26.0. The van der Waals surface area contributed by atoms with Gasteiger partial charge in [-0.3, -0.25) is 9.59 Å². The van der Waals surface area contributed by atoms with Gasteiger partial charge in [-0.25, -0.2) is 0 Å². The van der Waals surface area contributed by atoms with E-state index in [2.05, 4.69) is 0 Å². The largest absolute Gasteiger partial charge is 0.497 e. The molecule has 0 amide bonds. The van der Waals surface area contributed by atoms with Crippen LogP contribution in [0.3, 0.4) is 0 Å². The molecule has 0 saturated heterocycles. The van der Waals surface area contributed by atoms with Crippen molar-refractivity contribution in [3.63, 3.8) is 0 Å². The van der Waals surface area contributed by atoms with Gasteiger partial charge in [0.15, 0.2) is 11.6 Å². The Morgan fingerprint density at radius 1 is 0.533 bits per heavy atom. The summed E-state index contributed by atoms with van der Waals surface area (Å²) in [6.45, 7) is 0. The number of ether oxygens (including phenoxy) is 2. The van der Waals surface area contributed by atoms with E-state index in [4.69, 9.17) is 9.47 Å². The predicted molar refractivity (Wildman–Crippen MR) is 116 cm³/mol. The van der Waals surface area contributed by atoms with Crippen LogP contribution in [0.1, 0.15) is 44.7 Å².